The molecule has 0 radical (unpaired) electrons. The van der Waals surface area contributed by atoms with Gasteiger partial charge in [-0.1, -0.05) is 42.5 Å². The van der Waals surface area contributed by atoms with Crippen molar-refractivity contribution in [1.82, 2.24) is 4.98 Å². The molecule has 2 heterocycles. The first-order chi connectivity index (χ1) is 17.7. The number of aromatic carboxylic acids is 1. The summed E-state index contributed by atoms with van der Waals surface area (Å²) in [6, 6.07) is 18.0. The number of carboxylic acids is 1. The van der Waals surface area contributed by atoms with E-state index in [9.17, 15) is 20.1 Å². The van der Waals surface area contributed by atoms with Crippen molar-refractivity contribution >= 4 is 33.8 Å². The van der Waals surface area contributed by atoms with Gasteiger partial charge in [-0.15, -0.1) is 5.11 Å². The molecular formula is C29H26N4O4. The van der Waals surface area contributed by atoms with E-state index in [1.165, 1.54) is 6.07 Å². The van der Waals surface area contributed by atoms with Crippen molar-refractivity contribution in [2.45, 2.75) is 33.0 Å². The lowest BCUT2D eigenvalue weighted by atomic mass is 9.93. The molecule has 1 aliphatic heterocycles. The van der Waals surface area contributed by atoms with Crippen LogP contribution in [-0.4, -0.2) is 44.3 Å². The molecule has 3 aromatic carbocycles. The number of aromatic amines is 1. The number of carbonyl (C=O) groups is 1. The Bertz CT molecular complexity index is 1630. The third-order valence-electron chi connectivity index (χ3n) is 6.62. The van der Waals surface area contributed by atoms with Gasteiger partial charge in [0, 0.05) is 11.1 Å². The molecular weight excluding hydrogens is 468 g/mol. The number of carboxylic acid groups (broad SMARTS) is 1. The lowest BCUT2D eigenvalue weighted by Crippen LogP contribution is -2.28. The van der Waals surface area contributed by atoms with Gasteiger partial charge in [-0.2, -0.15) is 5.11 Å². The number of dihydropyridines is 1. The van der Waals surface area contributed by atoms with Crippen LogP contribution in [0.2, 0.25) is 0 Å². The average molecular weight is 495 g/mol. The quantitative estimate of drug-likeness (QED) is 0.247. The van der Waals surface area contributed by atoms with Gasteiger partial charge >= 0.3 is 5.97 Å². The van der Waals surface area contributed by atoms with Crippen LogP contribution in [0.25, 0.3) is 27.6 Å². The Balaban J connectivity index is 1.54. The van der Waals surface area contributed by atoms with Crippen molar-refractivity contribution in [3.8, 4) is 17.0 Å². The molecule has 37 heavy (non-hydrogen) atoms. The Kier molecular flexibility index (Phi) is 6.19. The van der Waals surface area contributed by atoms with Crippen LogP contribution in [0, 0.1) is 13.8 Å². The molecule has 4 N–H and O–H groups in total. The minimum absolute atomic E-state index is 0.151. The molecule has 186 valence electrons. The first-order valence-corrected chi connectivity index (χ1v) is 11.8. The van der Waals surface area contributed by atoms with E-state index in [0.717, 1.165) is 16.7 Å². The maximum Gasteiger partial charge on any atom is 0.335 e. The number of aliphatic hydroxyl groups is 1. The van der Waals surface area contributed by atoms with E-state index in [1.807, 2.05) is 51.1 Å². The fraction of sp³-hybridized carbons (Fsp3) is 0.172. The zero-order valence-electron chi connectivity index (χ0n) is 20.6. The number of nitrogens with one attached hydrogen (secondary N) is 1. The summed E-state index contributed by atoms with van der Waals surface area (Å²) in [5, 5.41) is 40.5. The number of fused-ring (bicyclic) bond motifs is 1. The van der Waals surface area contributed by atoms with E-state index >= 15 is 0 Å². The Morgan fingerprint density at radius 2 is 1.76 bits per heavy atom. The normalized spacial score (nSPS) is 17.7. The summed E-state index contributed by atoms with van der Waals surface area (Å²) < 4.78 is 0. The minimum atomic E-state index is -1.03. The number of nitrogens with zero attached hydrogens (tertiary/aromatic N) is 3. The lowest BCUT2D eigenvalue weighted by molar-refractivity contribution is 0.0697. The number of azo groups is 1. The maximum atomic E-state index is 11.5. The molecule has 0 saturated heterocycles. The number of aromatic hydroxyl groups is 1. The second-order valence-electron chi connectivity index (χ2n) is 9.18. The third kappa shape index (κ3) is 4.54. The van der Waals surface area contributed by atoms with Crippen molar-refractivity contribution in [1.29, 1.82) is 0 Å². The van der Waals surface area contributed by atoms with Gasteiger partial charge in [-0.25, -0.2) is 4.79 Å². The average Bonchev–Trinajstić information content (AvgIpc) is 3.21. The molecule has 4 aromatic rings. The summed E-state index contributed by atoms with van der Waals surface area (Å²) in [4.78, 5) is 18.9. The third-order valence-corrected chi connectivity index (χ3v) is 6.62. The zero-order chi connectivity index (χ0) is 26.3. The van der Waals surface area contributed by atoms with Gasteiger partial charge in [0.15, 0.2) is 11.9 Å². The SMILES string of the molecule is CC1=NC(N=Nc2c(O)[nH]c3cccc(-c4cccc(C(=O)O)c4)c23)C(O)C(c2ccc(C)c(C)c2)=C1. The summed E-state index contributed by atoms with van der Waals surface area (Å²) >= 11 is 0. The van der Waals surface area contributed by atoms with Crippen LogP contribution in [0.15, 0.2) is 82.0 Å². The molecule has 0 amide bonds. The van der Waals surface area contributed by atoms with Gasteiger partial charge in [-0.3, -0.25) is 4.99 Å². The van der Waals surface area contributed by atoms with Crippen molar-refractivity contribution in [2.24, 2.45) is 15.2 Å². The Morgan fingerprint density at radius 3 is 2.51 bits per heavy atom. The predicted molar refractivity (Wildman–Crippen MR) is 144 cm³/mol. The van der Waals surface area contributed by atoms with Crippen molar-refractivity contribution < 1.29 is 20.1 Å². The molecule has 0 fully saturated rings. The number of aryl methyl sites for hydroxylation is 2. The van der Waals surface area contributed by atoms with E-state index in [0.29, 0.717) is 33.3 Å². The Hall–Kier alpha value is -4.56. The summed E-state index contributed by atoms with van der Waals surface area (Å²) in [5.41, 5.74) is 6.88. The fourth-order valence-corrected chi connectivity index (χ4v) is 4.54. The van der Waals surface area contributed by atoms with Crippen molar-refractivity contribution in [3.63, 3.8) is 0 Å². The minimum Gasteiger partial charge on any atom is -0.493 e. The summed E-state index contributed by atoms with van der Waals surface area (Å²) in [6.45, 7) is 5.90. The van der Waals surface area contributed by atoms with Gasteiger partial charge in [0.05, 0.1) is 11.1 Å². The summed E-state index contributed by atoms with van der Waals surface area (Å²) in [7, 11) is 0. The second kappa shape index (κ2) is 9.48. The van der Waals surface area contributed by atoms with Crippen molar-refractivity contribution in [3.05, 3.63) is 89.0 Å². The number of allylic oxidation sites excluding steroid dienone is 1. The number of H-pyrrole nitrogens is 1. The number of benzene rings is 3. The number of hydrogen-bond acceptors (Lipinski definition) is 6. The Labute approximate surface area is 213 Å². The van der Waals surface area contributed by atoms with E-state index in [-0.39, 0.29) is 17.1 Å². The molecule has 0 spiro atoms. The number of aliphatic imine (C=N–C) groups is 1. The van der Waals surface area contributed by atoms with Gasteiger partial charge in [0.25, 0.3) is 0 Å². The second-order valence-corrected chi connectivity index (χ2v) is 9.18. The van der Waals surface area contributed by atoms with E-state index in [4.69, 9.17) is 0 Å². The molecule has 8 nitrogen and oxygen atoms in total. The van der Waals surface area contributed by atoms with Crippen LogP contribution in [0.5, 0.6) is 5.88 Å². The first kappa shape index (κ1) is 24.1. The Morgan fingerprint density at radius 1 is 0.973 bits per heavy atom. The van der Waals surface area contributed by atoms with Crippen molar-refractivity contribution in [2.75, 3.05) is 0 Å². The molecule has 1 aliphatic rings. The predicted octanol–water partition coefficient (Wildman–Crippen LogP) is 6.18. The number of hydrogen-bond donors (Lipinski definition) is 4. The van der Waals surface area contributed by atoms with E-state index < -0.39 is 18.2 Å². The van der Waals surface area contributed by atoms with E-state index in [2.05, 4.69) is 20.2 Å². The van der Waals surface area contributed by atoms with Crippen LogP contribution in [0.3, 0.4) is 0 Å². The molecule has 5 rings (SSSR count). The molecule has 0 aliphatic carbocycles. The van der Waals surface area contributed by atoms with Crippen LogP contribution < -0.4 is 0 Å². The highest BCUT2D eigenvalue weighted by Crippen LogP contribution is 2.42. The molecule has 1 aromatic heterocycles. The molecule has 0 bridgehead atoms. The lowest BCUT2D eigenvalue weighted by Gasteiger charge is -2.23. The van der Waals surface area contributed by atoms with Gasteiger partial charge in [0.1, 0.15) is 6.10 Å². The summed E-state index contributed by atoms with van der Waals surface area (Å²) in [6.07, 6.45) is -0.0700. The van der Waals surface area contributed by atoms with Crippen LogP contribution in [0.4, 0.5) is 5.69 Å². The highest BCUT2D eigenvalue weighted by atomic mass is 16.4. The number of aromatic nitrogens is 1. The van der Waals surface area contributed by atoms with Gasteiger partial charge in [0.2, 0.25) is 5.88 Å². The monoisotopic (exact) mass is 494 g/mol. The zero-order valence-corrected chi connectivity index (χ0v) is 20.6. The van der Waals surface area contributed by atoms with Gasteiger partial charge in [-0.05, 0) is 78.4 Å². The first-order valence-electron chi connectivity index (χ1n) is 11.8. The van der Waals surface area contributed by atoms with E-state index in [1.54, 1.807) is 30.3 Å². The van der Waals surface area contributed by atoms with Gasteiger partial charge < -0.3 is 20.3 Å². The maximum absolute atomic E-state index is 11.5. The smallest absolute Gasteiger partial charge is 0.335 e. The molecule has 0 saturated carbocycles. The van der Waals surface area contributed by atoms with Crippen LogP contribution in [0.1, 0.15) is 34.0 Å². The number of rotatable bonds is 5. The fourth-order valence-electron chi connectivity index (χ4n) is 4.54. The summed E-state index contributed by atoms with van der Waals surface area (Å²) in [5.74, 6) is -1.21. The topological polar surface area (TPSA) is 131 Å². The largest absolute Gasteiger partial charge is 0.493 e. The highest BCUT2D eigenvalue weighted by molar-refractivity contribution is 6.05. The van der Waals surface area contributed by atoms with Crippen LogP contribution >= 0.6 is 0 Å². The molecule has 8 heteroatoms. The molecule has 2 atom stereocenters. The molecule has 2 unspecified atom stereocenters. The number of aliphatic hydroxyl groups excluding tert-OH is 1. The van der Waals surface area contributed by atoms with Crippen LogP contribution in [-0.2, 0) is 0 Å². The highest BCUT2D eigenvalue weighted by Gasteiger charge is 2.27. The standard InChI is InChI=1S/C29H26N4O4/c1-15-10-11-19(12-16(15)2)22-13-17(3)30-27(26(22)34)33-32-25-24-21(8-5-9-23(24)31-28(25)35)18-6-4-7-20(14-18)29(36)37/h4-14,26-27,31,34-35H,1-3H3,(H,36,37).